The Morgan fingerprint density at radius 1 is 1.46 bits per heavy atom. The lowest BCUT2D eigenvalue weighted by Gasteiger charge is -2.04. The van der Waals surface area contributed by atoms with Gasteiger partial charge in [0.1, 0.15) is 6.33 Å². The molecule has 1 aromatic heterocycles. The van der Waals surface area contributed by atoms with Gasteiger partial charge in [-0.2, -0.15) is 18.3 Å². The van der Waals surface area contributed by atoms with Gasteiger partial charge in [-0.1, -0.05) is 0 Å². The molecule has 0 fully saturated rings. The summed E-state index contributed by atoms with van der Waals surface area (Å²) in [7, 11) is 0. The minimum atomic E-state index is -4.16. The van der Waals surface area contributed by atoms with Gasteiger partial charge in [-0.25, -0.2) is 4.98 Å². The van der Waals surface area contributed by atoms with E-state index in [1.54, 1.807) is 0 Å². The molecule has 0 bridgehead atoms. The zero-order chi connectivity index (χ0) is 9.90. The summed E-state index contributed by atoms with van der Waals surface area (Å²) in [5.74, 6) is 0.349. The van der Waals surface area contributed by atoms with Gasteiger partial charge in [0.15, 0.2) is 5.82 Å². The summed E-state index contributed by atoms with van der Waals surface area (Å²) in [6.07, 6.45) is -3.82. The van der Waals surface area contributed by atoms with Crippen molar-refractivity contribution >= 4 is 0 Å². The molecule has 0 aliphatic heterocycles. The third-order valence-corrected chi connectivity index (χ3v) is 1.39. The highest BCUT2D eigenvalue weighted by molar-refractivity contribution is 4.79. The lowest BCUT2D eigenvalue weighted by Crippen LogP contribution is -2.12. The quantitative estimate of drug-likeness (QED) is 0.770. The Balaban J connectivity index is 2.46. The van der Waals surface area contributed by atoms with Crippen LogP contribution in [0.3, 0.4) is 0 Å². The van der Waals surface area contributed by atoms with Crippen LogP contribution in [0.5, 0.6) is 0 Å². The molecule has 0 aromatic carbocycles. The molecule has 0 aliphatic carbocycles. The van der Waals surface area contributed by atoms with Crippen LogP contribution < -0.4 is 5.73 Å². The largest absolute Gasteiger partial charge is 0.390 e. The number of aromatic nitrogens is 3. The lowest BCUT2D eigenvalue weighted by atomic mass is 10.4. The Hall–Kier alpha value is -1.11. The Kier molecular flexibility index (Phi) is 2.86. The van der Waals surface area contributed by atoms with Crippen LogP contribution in [0, 0.1) is 0 Å². The second-order valence-corrected chi connectivity index (χ2v) is 2.49. The van der Waals surface area contributed by atoms with Gasteiger partial charge < -0.3 is 5.73 Å². The fourth-order valence-corrected chi connectivity index (χ4v) is 0.776. The van der Waals surface area contributed by atoms with E-state index in [2.05, 4.69) is 10.1 Å². The maximum Gasteiger partial charge on any atom is 0.390 e. The minimum absolute atomic E-state index is 0.138. The SMILES string of the molecule is NCc1ncn(CCC(F)(F)F)n1. The highest BCUT2D eigenvalue weighted by Gasteiger charge is 2.26. The second-order valence-electron chi connectivity index (χ2n) is 2.49. The molecule has 0 radical (unpaired) electrons. The molecule has 4 nitrogen and oxygen atoms in total. The van der Waals surface area contributed by atoms with Crippen LogP contribution in [-0.4, -0.2) is 20.9 Å². The van der Waals surface area contributed by atoms with Gasteiger partial charge in [-0.3, -0.25) is 4.68 Å². The van der Waals surface area contributed by atoms with Crippen molar-refractivity contribution in [3.05, 3.63) is 12.2 Å². The first-order chi connectivity index (χ1) is 6.01. The average Bonchev–Trinajstić information content (AvgIpc) is 2.47. The van der Waals surface area contributed by atoms with E-state index in [9.17, 15) is 13.2 Å². The molecule has 0 atom stereocenters. The van der Waals surface area contributed by atoms with Gasteiger partial charge in [-0.15, -0.1) is 0 Å². The van der Waals surface area contributed by atoms with Gasteiger partial charge in [0.05, 0.1) is 19.5 Å². The summed E-state index contributed by atoms with van der Waals surface area (Å²) in [4.78, 5) is 3.69. The third kappa shape index (κ3) is 3.41. The first-order valence-corrected chi connectivity index (χ1v) is 3.66. The third-order valence-electron chi connectivity index (χ3n) is 1.39. The standard InChI is InChI=1S/C6H9F3N4/c7-6(8,9)1-2-13-4-11-5(3-10)12-13/h4H,1-3,10H2. The summed E-state index contributed by atoms with van der Waals surface area (Å²) in [6, 6.07) is 0. The van der Waals surface area contributed by atoms with Crippen molar-refractivity contribution in [3.63, 3.8) is 0 Å². The van der Waals surface area contributed by atoms with E-state index in [-0.39, 0.29) is 13.1 Å². The molecule has 0 aliphatic rings. The number of rotatable bonds is 3. The number of nitrogens with two attached hydrogens (primary N) is 1. The van der Waals surface area contributed by atoms with Crippen LogP contribution in [0.2, 0.25) is 0 Å². The molecule has 1 aromatic rings. The fraction of sp³-hybridized carbons (Fsp3) is 0.667. The Labute approximate surface area is 72.6 Å². The van der Waals surface area contributed by atoms with Crippen molar-refractivity contribution < 1.29 is 13.2 Å². The van der Waals surface area contributed by atoms with Gasteiger partial charge in [-0.05, 0) is 0 Å². The predicted octanol–water partition coefficient (Wildman–Crippen LogP) is 0.689. The van der Waals surface area contributed by atoms with Crippen LogP contribution in [0.4, 0.5) is 13.2 Å². The molecule has 0 unspecified atom stereocenters. The van der Waals surface area contributed by atoms with E-state index in [1.165, 1.54) is 6.33 Å². The topological polar surface area (TPSA) is 56.7 Å². The zero-order valence-corrected chi connectivity index (χ0v) is 6.75. The molecule has 0 amide bonds. The Morgan fingerprint density at radius 3 is 2.62 bits per heavy atom. The summed E-state index contributed by atoms with van der Waals surface area (Å²) < 4.78 is 36.4. The summed E-state index contributed by atoms with van der Waals surface area (Å²) >= 11 is 0. The maximum absolute atomic E-state index is 11.7. The minimum Gasteiger partial charge on any atom is -0.324 e. The van der Waals surface area contributed by atoms with E-state index in [0.717, 1.165) is 4.68 Å². The van der Waals surface area contributed by atoms with Crippen molar-refractivity contribution in [1.29, 1.82) is 0 Å². The molecule has 0 spiro atoms. The normalized spacial score (nSPS) is 12.0. The fourth-order valence-electron chi connectivity index (χ4n) is 0.776. The zero-order valence-electron chi connectivity index (χ0n) is 6.75. The molecule has 7 heteroatoms. The molecule has 1 rings (SSSR count). The van der Waals surface area contributed by atoms with Gasteiger partial charge in [0.2, 0.25) is 0 Å². The highest BCUT2D eigenvalue weighted by Crippen LogP contribution is 2.19. The number of nitrogens with zero attached hydrogens (tertiary/aromatic N) is 3. The monoisotopic (exact) mass is 194 g/mol. The summed E-state index contributed by atoms with van der Waals surface area (Å²) in [5.41, 5.74) is 5.18. The molecule has 74 valence electrons. The molecule has 0 saturated heterocycles. The van der Waals surface area contributed by atoms with Crippen molar-refractivity contribution in [1.82, 2.24) is 14.8 Å². The molecular formula is C6H9F3N4. The first-order valence-electron chi connectivity index (χ1n) is 3.66. The summed E-state index contributed by atoms with van der Waals surface area (Å²) in [6.45, 7) is -0.0739. The highest BCUT2D eigenvalue weighted by atomic mass is 19.4. The molecule has 2 N–H and O–H groups in total. The van der Waals surface area contributed by atoms with E-state index in [1.807, 2.05) is 0 Å². The Bertz CT molecular complexity index is 267. The van der Waals surface area contributed by atoms with Crippen LogP contribution in [-0.2, 0) is 13.1 Å². The average molecular weight is 194 g/mol. The second kappa shape index (κ2) is 3.73. The van der Waals surface area contributed by atoms with E-state index in [0.29, 0.717) is 5.82 Å². The van der Waals surface area contributed by atoms with Crippen molar-refractivity contribution in [2.75, 3.05) is 0 Å². The number of halogens is 3. The van der Waals surface area contributed by atoms with E-state index < -0.39 is 12.6 Å². The van der Waals surface area contributed by atoms with E-state index in [4.69, 9.17) is 5.73 Å². The van der Waals surface area contributed by atoms with Gasteiger partial charge in [0.25, 0.3) is 0 Å². The van der Waals surface area contributed by atoms with Gasteiger partial charge >= 0.3 is 6.18 Å². The number of hydrogen-bond acceptors (Lipinski definition) is 3. The Morgan fingerprint density at radius 2 is 2.15 bits per heavy atom. The van der Waals surface area contributed by atoms with Crippen molar-refractivity contribution in [2.45, 2.75) is 25.7 Å². The molecule has 13 heavy (non-hydrogen) atoms. The number of hydrogen-bond donors (Lipinski definition) is 1. The maximum atomic E-state index is 11.7. The number of alkyl halides is 3. The lowest BCUT2D eigenvalue weighted by molar-refractivity contribution is -0.137. The van der Waals surface area contributed by atoms with Crippen LogP contribution in [0.15, 0.2) is 6.33 Å². The number of aryl methyl sites for hydroxylation is 1. The molecular weight excluding hydrogens is 185 g/mol. The van der Waals surface area contributed by atoms with E-state index >= 15 is 0 Å². The smallest absolute Gasteiger partial charge is 0.324 e. The molecule has 1 heterocycles. The van der Waals surface area contributed by atoms with Crippen molar-refractivity contribution in [2.24, 2.45) is 5.73 Å². The van der Waals surface area contributed by atoms with Crippen molar-refractivity contribution in [3.8, 4) is 0 Å². The molecule has 0 saturated carbocycles. The first kappa shape index (κ1) is 9.97. The predicted molar refractivity (Wildman–Crippen MR) is 38.6 cm³/mol. The van der Waals surface area contributed by atoms with Gasteiger partial charge in [0, 0.05) is 0 Å². The van der Waals surface area contributed by atoms with Crippen LogP contribution >= 0.6 is 0 Å². The van der Waals surface area contributed by atoms with Crippen LogP contribution in [0.1, 0.15) is 12.2 Å². The van der Waals surface area contributed by atoms with Crippen LogP contribution in [0.25, 0.3) is 0 Å². The summed E-state index contributed by atoms with van der Waals surface area (Å²) in [5, 5.41) is 3.71.